The van der Waals surface area contributed by atoms with E-state index in [2.05, 4.69) is 21.0 Å². The Labute approximate surface area is 179 Å². The second kappa shape index (κ2) is 7.47. The predicted octanol–water partition coefficient (Wildman–Crippen LogP) is 2.37. The Bertz CT molecular complexity index is 1270. The number of nitrogen functional groups attached to an aromatic ring is 2. The lowest BCUT2D eigenvalue weighted by Gasteiger charge is -2.19. The van der Waals surface area contributed by atoms with Gasteiger partial charge in [0, 0.05) is 11.6 Å². The van der Waals surface area contributed by atoms with Gasteiger partial charge in [0.05, 0.1) is 23.0 Å². The average molecular weight is 419 g/mol. The van der Waals surface area contributed by atoms with E-state index in [4.69, 9.17) is 11.5 Å². The van der Waals surface area contributed by atoms with Gasteiger partial charge in [-0.15, -0.1) is 0 Å². The third-order valence-corrected chi connectivity index (χ3v) is 6.54. The molecular formula is C23H26N6O2. The molecule has 4 aromatic rings. The van der Waals surface area contributed by atoms with Gasteiger partial charge in [0.1, 0.15) is 29.7 Å². The first kappa shape index (κ1) is 19.7. The number of fused-ring (bicyclic) bond motifs is 2. The van der Waals surface area contributed by atoms with Gasteiger partial charge in [0.25, 0.3) is 0 Å². The summed E-state index contributed by atoms with van der Waals surface area (Å²) in [6, 6.07) is 9.66. The van der Waals surface area contributed by atoms with Crippen LogP contribution in [-0.4, -0.2) is 41.9 Å². The largest absolute Gasteiger partial charge is 0.390 e. The van der Waals surface area contributed by atoms with E-state index in [9.17, 15) is 10.2 Å². The monoisotopic (exact) mass is 418 g/mol. The number of hydrogen-bond donors (Lipinski definition) is 4. The molecule has 5 rings (SSSR count). The summed E-state index contributed by atoms with van der Waals surface area (Å²) in [5.41, 5.74) is 15.5. The molecule has 1 fully saturated rings. The topological polar surface area (TPSA) is 136 Å². The van der Waals surface area contributed by atoms with Gasteiger partial charge in [0.2, 0.25) is 0 Å². The van der Waals surface area contributed by atoms with Crippen molar-refractivity contribution in [3.63, 3.8) is 0 Å². The molecule has 4 atom stereocenters. The summed E-state index contributed by atoms with van der Waals surface area (Å²) in [4.78, 5) is 12.9. The van der Waals surface area contributed by atoms with E-state index in [-0.39, 0.29) is 12.0 Å². The number of benzene rings is 1. The number of pyridine rings is 1. The van der Waals surface area contributed by atoms with Crippen LogP contribution in [0.5, 0.6) is 0 Å². The number of aromatic nitrogens is 4. The van der Waals surface area contributed by atoms with E-state index in [1.165, 1.54) is 6.33 Å². The van der Waals surface area contributed by atoms with E-state index < -0.39 is 12.2 Å². The number of nitrogens with zero attached hydrogens (tertiary/aromatic N) is 4. The van der Waals surface area contributed by atoms with Crippen molar-refractivity contribution in [3.8, 4) is 0 Å². The van der Waals surface area contributed by atoms with Gasteiger partial charge >= 0.3 is 0 Å². The Morgan fingerprint density at radius 3 is 2.74 bits per heavy atom. The molecule has 0 spiro atoms. The van der Waals surface area contributed by atoms with Gasteiger partial charge in [-0.3, -0.25) is 0 Å². The highest BCUT2D eigenvalue weighted by atomic mass is 16.3. The lowest BCUT2D eigenvalue weighted by atomic mass is 9.95. The second-order valence-electron chi connectivity index (χ2n) is 8.52. The standard InChI is InChI=1S/C23H26N6O2/c1-12-10-29(23-19(12)22(25)26-11-27-23)17-9-15(20(30)21(17)31)5-3-13-2-4-14-6-7-18(24)28-16(14)8-13/h2,4,6-8,10-11,15,17,20-21,30-31H,3,5,9H2,1H3,(H2,24,28)(H2,25,26,27)/t15-,17+,20+,21-/m0/s1. The zero-order chi connectivity index (χ0) is 21.7. The van der Waals surface area contributed by atoms with Crippen molar-refractivity contribution in [1.29, 1.82) is 0 Å². The fourth-order valence-corrected chi connectivity index (χ4v) is 4.90. The number of aryl methyl sites for hydroxylation is 2. The third kappa shape index (κ3) is 3.37. The molecule has 1 aliphatic carbocycles. The van der Waals surface area contributed by atoms with Gasteiger partial charge in [-0.05, 0) is 61.4 Å². The number of aliphatic hydroxyl groups is 2. The smallest absolute Gasteiger partial charge is 0.146 e. The number of aliphatic hydroxyl groups excluding tert-OH is 2. The maximum Gasteiger partial charge on any atom is 0.146 e. The van der Waals surface area contributed by atoms with Crippen LogP contribution in [0.1, 0.15) is 30.0 Å². The highest BCUT2D eigenvalue weighted by molar-refractivity contribution is 5.89. The van der Waals surface area contributed by atoms with E-state index in [0.29, 0.717) is 23.7 Å². The van der Waals surface area contributed by atoms with Crippen LogP contribution in [0, 0.1) is 12.8 Å². The lowest BCUT2D eigenvalue weighted by molar-refractivity contribution is 0.00544. The average Bonchev–Trinajstić information content (AvgIpc) is 3.23. The van der Waals surface area contributed by atoms with Gasteiger partial charge in [0.15, 0.2) is 0 Å². The summed E-state index contributed by atoms with van der Waals surface area (Å²) < 4.78 is 1.94. The number of nitrogens with two attached hydrogens (primary N) is 2. The van der Waals surface area contributed by atoms with Crippen LogP contribution >= 0.6 is 0 Å². The summed E-state index contributed by atoms with van der Waals surface area (Å²) in [5, 5.41) is 23.4. The maximum atomic E-state index is 10.8. The minimum atomic E-state index is -0.866. The van der Waals surface area contributed by atoms with Crippen LogP contribution in [0.4, 0.5) is 11.6 Å². The van der Waals surface area contributed by atoms with E-state index >= 15 is 0 Å². The highest BCUT2D eigenvalue weighted by Gasteiger charge is 2.42. The summed E-state index contributed by atoms with van der Waals surface area (Å²) in [5.74, 6) is 0.901. The zero-order valence-corrected chi connectivity index (χ0v) is 17.3. The molecule has 0 saturated heterocycles. The molecule has 0 bridgehead atoms. The van der Waals surface area contributed by atoms with Crippen LogP contribution in [0.15, 0.2) is 42.9 Å². The van der Waals surface area contributed by atoms with Crippen molar-refractivity contribution < 1.29 is 10.2 Å². The molecule has 1 saturated carbocycles. The fourth-order valence-electron chi connectivity index (χ4n) is 4.90. The van der Waals surface area contributed by atoms with Crippen LogP contribution < -0.4 is 11.5 Å². The van der Waals surface area contributed by atoms with Crippen molar-refractivity contribution >= 4 is 33.6 Å². The zero-order valence-electron chi connectivity index (χ0n) is 17.3. The Morgan fingerprint density at radius 2 is 1.90 bits per heavy atom. The minimum Gasteiger partial charge on any atom is -0.390 e. The van der Waals surface area contributed by atoms with Crippen molar-refractivity contribution in [1.82, 2.24) is 19.5 Å². The van der Waals surface area contributed by atoms with Crippen molar-refractivity contribution in [2.75, 3.05) is 11.5 Å². The first-order chi connectivity index (χ1) is 14.9. The molecule has 3 heterocycles. The maximum absolute atomic E-state index is 10.8. The van der Waals surface area contributed by atoms with Crippen molar-refractivity contribution in [3.05, 3.63) is 54.0 Å². The van der Waals surface area contributed by atoms with Gasteiger partial charge < -0.3 is 26.2 Å². The van der Waals surface area contributed by atoms with Crippen LogP contribution in [0.2, 0.25) is 0 Å². The minimum absolute atomic E-state index is 0.0264. The highest BCUT2D eigenvalue weighted by Crippen LogP contribution is 2.40. The summed E-state index contributed by atoms with van der Waals surface area (Å²) >= 11 is 0. The molecule has 0 aliphatic heterocycles. The molecule has 31 heavy (non-hydrogen) atoms. The Hall–Kier alpha value is -3.23. The molecular weight excluding hydrogens is 392 g/mol. The van der Waals surface area contributed by atoms with Gasteiger partial charge in [-0.1, -0.05) is 12.1 Å². The van der Waals surface area contributed by atoms with Crippen LogP contribution in [-0.2, 0) is 6.42 Å². The van der Waals surface area contributed by atoms with E-state index in [1.54, 1.807) is 6.07 Å². The normalized spacial score (nSPS) is 23.7. The van der Waals surface area contributed by atoms with Crippen LogP contribution in [0.3, 0.4) is 0 Å². The van der Waals surface area contributed by atoms with Crippen LogP contribution in [0.25, 0.3) is 21.9 Å². The molecule has 160 valence electrons. The summed E-state index contributed by atoms with van der Waals surface area (Å²) in [7, 11) is 0. The molecule has 6 N–H and O–H groups in total. The number of hydrogen-bond acceptors (Lipinski definition) is 7. The molecule has 1 aliphatic rings. The summed E-state index contributed by atoms with van der Waals surface area (Å²) in [6.07, 6.45) is 3.92. The Morgan fingerprint density at radius 1 is 1.10 bits per heavy atom. The third-order valence-electron chi connectivity index (χ3n) is 6.54. The Kier molecular flexibility index (Phi) is 4.75. The van der Waals surface area contributed by atoms with Gasteiger partial charge in [-0.25, -0.2) is 15.0 Å². The Balaban J connectivity index is 1.36. The first-order valence-electron chi connectivity index (χ1n) is 10.5. The first-order valence-corrected chi connectivity index (χ1v) is 10.5. The van der Waals surface area contributed by atoms with Gasteiger partial charge in [-0.2, -0.15) is 0 Å². The molecule has 0 radical (unpaired) electrons. The molecule has 8 nitrogen and oxygen atoms in total. The summed E-state index contributed by atoms with van der Waals surface area (Å²) in [6.45, 7) is 1.95. The predicted molar refractivity (Wildman–Crippen MR) is 120 cm³/mol. The quantitative estimate of drug-likeness (QED) is 0.399. The molecule has 3 aromatic heterocycles. The molecule has 0 amide bonds. The van der Waals surface area contributed by atoms with E-state index in [0.717, 1.165) is 40.3 Å². The molecule has 8 heteroatoms. The lowest BCUT2D eigenvalue weighted by Crippen LogP contribution is -2.29. The van der Waals surface area contributed by atoms with Crippen molar-refractivity contribution in [2.24, 2.45) is 5.92 Å². The second-order valence-corrected chi connectivity index (χ2v) is 8.52. The fraction of sp³-hybridized carbons (Fsp3) is 0.348. The molecule has 1 aromatic carbocycles. The van der Waals surface area contributed by atoms with Crippen molar-refractivity contribution in [2.45, 2.75) is 44.4 Å². The van der Waals surface area contributed by atoms with E-state index in [1.807, 2.05) is 35.9 Å². The number of rotatable bonds is 4. The number of anilines is 2. The SMILES string of the molecule is Cc1cn([C@@H]2C[C@H](CCc3ccc4ccc(N)nc4c3)[C@@H](O)[C@H]2O)c2ncnc(N)c12. The molecule has 0 unspecified atom stereocenters.